The molecule has 1 fully saturated rings. The van der Waals surface area contributed by atoms with Gasteiger partial charge in [-0.25, -0.2) is 0 Å². The summed E-state index contributed by atoms with van der Waals surface area (Å²) in [7, 11) is 1.94. The standard InChI is InChI=1S/C13H17Cl2N3O2/c1-16-8-9-2-4-17(5-3-9)12-6-10(14)11(15)7-13(12)18(19)20/h6-7,9,16H,2-5,8H2,1H3. The van der Waals surface area contributed by atoms with E-state index in [1.165, 1.54) is 6.07 Å². The summed E-state index contributed by atoms with van der Waals surface area (Å²) in [5.41, 5.74) is 0.582. The van der Waals surface area contributed by atoms with Crippen LogP contribution in [0.5, 0.6) is 0 Å². The van der Waals surface area contributed by atoms with Gasteiger partial charge in [0.2, 0.25) is 0 Å². The third-order valence-electron chi connectivity index (χ3n) is 3.66. The van der Waals surface area contributed by atoms with E-state index in [0.717, 1.165) is 32.5 Å². The number of rotatable bonds is 4. The molecule has 5 nitrogen and oxygen atoms in total. The highest BCUT2D eigenvalue weighted by Crippen LogP contribution is 2.37. The van der Waals surface area contributed by atoms with Gasteiger partial charge in [0.25, 0.3) is 5.69 Å². The normalized spacial score (nSPS) is 16.4. The fourth-order valence-corrected chi connectivity index (χ4v) is 2.91. The van der Waals surface area contributed by atoms with Crippen LogP contribution < -0.4 is 10.2 Å². The lowest BCUT2D eigenvalue weighted by atomic mass is 9.96. The monoisotopic (exact) mass is 317 g/mol. The molecular weight excluding hydrogens is 301 g/mol. The molecule has 1 aliphatic heterocycles. The largest absolute Gasteiger partial charge is 0.366 e. The van der Waals surface area contributed by atoms with E-state index in [9.17, 15) is 10.1 Å². The summed E-state index contributed by atoms with van der Waals surface area (Å²) in [6.45, 7) is 2.58. The first-order valence-electron chi connectivity index (χ1n) is 6.56. The lowest BCUT2D eigenvalue weighted by molar-refractivity contribution is -0.384. The lowest BCUT2D eigenvalue weighted by Gasteiger charge is -2.33. The van der Waals surface area contributed by atoms with Crippen LogP contribution in [0.4, 0.5) is 11.4 Å². The maximum absolute atomic E-state index is 11.2. The summed E-state index contributed by atoms with van der Waals surface area (Å²) in [4.78, 5) is 12.8. The highest BCUT2D eigenvalue weighted by molar-refractivity contribution is 6.42. The van der Waals surface area contributed by atoms with Crippen LogP contribution in [0.3, 0.4) is 0 Å². The zero-order chi connectivity index (χ0) is 14.7. The molecule has 110 valence electrons. The molecule has 0 bridgehead atoms. The second-order valence-electron chi connectivity index (χ2n) is 5.00. The summed E-state index contributed by atoms with van der Waals surface area (Å²) < 4.78 is 0. The number of nitro groups is 1. The van der Waals surface area contributed by atoms with Crippen LogP contribution in [0, 0.1) is 16.0 Å². The highest BCUT2D eigenvalue weighted by Gasteiger charge is 2.25. The Morgan fingerprint density at radius 3 is 2.50 bits per heavy atom. The Hall–Kier alpha value is -1.04. The number of benzene rings is 1. The maximum atomic E-state index is 11.2. The average Bonchev–Trinajstić information content (AvgIpc) is 2.42. The molecule has 0 aromatic heterocycles. The third kappa shape index (κ3) is 3.34. The van der Waals surface area contributed by atoms with Gasteiger partial charge in [-0.1, -0.05) is 23.2 Å². The third-order valence-corrected chi connectivity index (χ3v) is 4.38. The molecule has 1 N–H and O–H groups in total. The van der Waals surface area contributed by atoms with Crippen molar-refractivity contribution in [2.24, 2.45) is 5.92 Å². The van der Waals surface area contributed by atoms with Crippen LogP contribution >= 0.6 is 23.2 Å². The van der Waals surface area contributed by atoms with Crippen molar-refractivity contribution in [2.75, 3.05) is 31.6 Å². The van der Waals surface area contributed by atoms with Crippen molar-refractivity contribution in [3.05, 3.63) is 32.3 Å². The maximum Gasteiger partial charge on any atom is 0.294 e. The Balaban J connectivity index is 2.21. The topological polar surface area (TPSA) is 58.4 Å². The molecule has 1 aromatic carbocycles. The lowest BCUT2D eigenvalue weighted by Crippen LogP contribution is -2.37. The first kappa shape index (κ1) is 15.4. The van der Waals surface area contributed by atoms with Crippen LogP contribution in [0.15, 0.2) is 12.1 Å². The summed E-state index contributed by atoms with van der Waals surface area (Å²) in [5, 5.41) is 14.9. The van der Waals surface area contributed by atoms with E-state index in [1.54, 1.807) is 6.07 Å². The molecule has 1 aromatic rings. The van der Waals surface area contributed by atoms with Crippen LogP contribution in [0.2, 0.25) is 10.0 Å². The molecule has 20 heavy (non-hydrogen) atoms. The van der Waals surface area contributed by atoms with E-state index >= 15 is 0 Å². The van der Waals surface area contributed by atoms with Gasteiger partial charge in [-0.05, 0) is 38.4 Å². The number of piperidine rings is 1. The molecule has 1 saturated heterocycles. The van der Waals surface area contributed by atoms with Crippen molar-refractivity contribution in [1.29, 1.82) is 0 Å². The predicted molar refractivity (Wildman–Crippen MR) is 82.0 cm³/mol. The van der Waals surface area contributed by atoms with E-state index in [-0.39, 0.29) is 10.7 Å². The second-order valence-corrected chi connectivity index (χ2v) is 5.81. The van der Waals surface area contributed by atoms with Gasteiger partial charge >= 0.3 is 0 Å². The van der Waals surface area contributed by atoms with Gasteiger partial charge in [0.1, 0.15) is 5.69 Å². The molecule has 0 unspecified atom stereocenters. The Labute approximate surface area is 128 Å². The quantitative estimate of drug-likeness (QED) is 0.683. The molecule has 0 saturated carbocycles. The minimum absolute atomic E-state index is 0.0199. The minimum atomic E-state index is -0.406. The van der Waals surface area contributed by atoms with Gasteiger partial charge in [0.15, 0.2) is 0 Å². The minimum Gasteiger partial charge on any atom is -0.366 e. The van der Waals surface area contributed by atoms with Gasteiger partial charge in [-0.3, -0.25) is 10.1 Å². The first-order valence-corrected chi connectivity index (χ1v) is 7.31. The molecule has 0 radical (unpaired) electrons. The van der Waals surface area contributed by atoms with E-state index in [2.05, 4.69) is 5.32 Å². The van der Waals surface area contributed by atoms with Crippen molar-refractivity contribution in [2.45, 2.75) is 12.8 Å². The molecule has 7 heteroatoms. The number of nitro benzene ring substituents is 1. The highest BCUT2D eigenvalue weighted by atomic mass is 35.5. The molecule has 1 aliphatic rings. The predicted octanol–water partition coefficient (Wildman–Crippen LogP) is 3.34. The van der Waals surface area contributed by atoms with Crippen molar-refractivity contribution >= 4 is 34.6 Å². The van der Waals surface area contributed by atoms with Crippen LogP contribution in [0.25, 0.3) is 0 Å². The van der Waals surface area contributed by atoms with Gasteiger partial charge in [-0.15, -0.1) is 0 Å². The van der Waals surface area contributed by atoms with E-state index in [0.29, 0.717) is 16.6 Å². The van der Waals surface area contributed by atoms with Crippen molar-refractivity contribution in [3.63, 3.8) is 0 Å². The van der Waals surface area contributed by atoms with Crippen molar-refractivity contribution < 1.29 is 4.92 Å². The van der Waals surface area contributed by atoms with Gasteiger partial charge in [0, 0.05) is 19.2 Å². The Morgan fingerprint density at radius 1 is 1.35 bits per heavy atom. The number of hydrogen-bond acceptors (Lipinski definition) is 4. The Bertz CT molecular complexity index is 503. The molecule has 0 atom stereocenters. The second kappa shape index (κ2) is 6.61. The summed E-state index contributed by atoms with van der Waals surface area (Å²) in [6.07, 6.45) is 2.02. The van der Waals surface area contributed by atoms with Crippen LogP contribution in [-0.2, 0) is 0 Å². The average molecular weight is 318 g/mol. The van der Waals surface area contributed by atoms with Crippen molar-refractivity contribution in [3.8, 4) is 0 Å². The fourth-order valence-electron chi connectivity index (χ4n) is 2.59. The van der Waals surface area contributed by atoms with Crippen LogP contribution in [-0.4, -0.2) is 31.6 Å². The van der Waals surface area contributed by atoms with Gasteiger partial charge < -0.3 is 10.2 Å². The zero-order valence-electron chi connectivity index (χ0n) is 11.2. The van der Waals surface area contributed by atoms with E-state index in [4.69, 9.17) is 23.2 Å². The van der Waals surface area contributed by atoms with Gasteiger partial charge in [-0.2, -0.15) is 0 Å². The smallest absolute Gasteiger partial charge is 0.294 e. The summed E-state index contributed by atoms with van der Waals surface area (Å²) in [5.74, 6) is 0.623. The molecule has 0 spiro atoms. The zero-order valence-corrected chi connectivity index (χ0v) is 12.7. The molecular formula is C13H17Cl2N3O2. The molecule has 0 amide bonds. The fraction of sp³-hybridized carbons (Fsp3) is 0.538. The summed E-state index contributed by atoms with van der Waals surface area (Å²) in [6, 6.07) is 2.93. The molecule has 2 rings (SSSR count). The number of hydrogen-bond donors (Lipinski definition) is 1. The van der Waals surface area contributed by atoms with Crippen molar-refractivity contribution in [1.82, 2.24) is 5.32 Å². The first-order chi connectivity index (χ1) is 9.52. The Kier molecular flexibility index (Phi) is 5.07. The number of anilines is 1. The Morgan fingerprint density at radius 2 is 1.95 bits per heavy atom. The van der Waals surface area contributed by atoms with E-state index in [1.807, 2.05) is 11.9 Å². The van der Waals surface area contributed by atoms with E-state index < -0.39 is 4.92 Å². The molecule has 0 aliphatic carbocycles. The van der Waals surface area contributed by atoms with Gasteiger partial charge in [0.05, 0.1) is 15.0 Å². The number of nitrogens with one attached hydrogen (secondary N) is 1. The summed E-state index contributed by atoms with van der Waals surface area (Å²) >= 11 is 11.9. The number of halogens is 2. The number of nitrogens with zero attached hydrogens (tertiary/aromatic N) is 2. The molecule has 1 heterocycles. The SMILES string of the molecule is CNCC1CCN(c2cc(Cl)c(Cl)cc2[N+](=O)[O-])CC1. The van der Waals surface area contributed by atoms with Crippen LogP contribution in [0.1, 0.15) is 12.8 Å².